The predicted octanol–water partition coefficient (Wildman–Crippen LogP) is 1.18. The Morgan fingerprint density at radius 3 is 2.79 bits per heavy atom. The van der Waals surface area contributed by atoms with E-state index in [1.807, 2.05) is 12.4 Å². The topological polar surface area (TPSA) is 61.3 Å². The third-order valence-electron chi connectivity index (χ3n) is 3.42. The standard InChI is InChI=1S/C14H24N4O/c1-11(2)6-15-7-12-8-16-14(17-9-12)18-5-3-4-13(18)10-19/h8-9,11,13,15,19H,3-7,10H2,1-2H3. The van der Waals surface area contributed by atoms with Gasteiger partial charge in [0.05, 0.1) is 12.6 Å². The van der Waals surface area contributed by atoms with Crippen LogP contribution in [0.4, 0.5) is 5.95 Å². The lowest BCUT2D eigenvalue weighted by atomic mass is 10.2. The summed E-state index contributed by atoms with van der Waals surface area (Å²) in [4.78, 5) is 10.9. The molecule has 0 bridgehead atoms. The fourth-order valence-corrected chi connectivity index (χ4v) is 2.38. The molecule has 5 heteroatoms. The summed E-state index contributed by atoms with van der Waals surface area (Å²) in [7, 11) is 0. The van der Waals surface area contributed by atoms with Gasteiger partial charge in [0, 0.05) is 31.0 Å². The van der Waals surface area contributed by atoms with Gasteiger partial charge in [-0.3, -0.25) is 0 Å². The molecule has 1 unspecified atom stereocenters. The van der Waals surface area contributed by atoms with Crippen LogP contribution < -0.4 is 10.2 Å². The predicted molar refractivity (Wildman–Crippen MR) is 76.0 cm³/mol. The first-order valence-corrected chi connectivity index (χ1v) is 7.10. The van der Waals surface area contributed by atoms with Crippen LogP contribution in [0.1, 0.15) is 32.3 Å². The second-order valence-corrected chi connectivity index (χ2v) is 5.59. The number of nitrogens with one attached hydrogen (secondary N) is 1. The zero-order valence-corrected chi connectivity index (χ0v) is 11.8. The molecule has 1 atom stereocenters. The minimum atomic E-state index is 0.182. The Morgan fingerprint density at radius 2 is 2.16 bits per heavy atom. The highest BCUT2D eigenvalue weighted by Gasteiger charge is 2.25. The van der Waals surface area contributed by atoms with Crippen LogP contribution >= 0.6 is 0 Å². The SMILES string of the molecule is CC(C)CNCc1cnc(N2CCCC2CO)nc1. The minimum absolute atomic E-state index is 0.182. The van der Waals surface area contributed by atoms with Crippen LogP contribution in [0.25, 0.3) is 0 Å². The van der Waals surface area contributed by atoms with Gasteiger partial charge in [-0.2, -0.15) is 0 Å². The lowest BCUT2D eigenvalue weighted by Gasteiger charge is -2.22. The van der Waals surface area contributed by atoms with Gasteiger partial charge in [0.15, 0.2) is 0 Å². The van der Waals surface area contributed by atoms with Crippen molar-refractivity contribution in [2.75, 3.05) is 24.6 Å². The Balaban J connectivity index is 1.91. The Kier molecular flexibility index (Phi) is 5.10. The van der Waals surface area contributed by atoms with Crippen molar-refractivity contribution < 1.29 is 5.11 Å². The van der Waals surface area contributed by atoms with Gasteiger partial charge in [0.1, 0.15) is 0 Å². The number of rotatable bonds is 6. The zero-order chi connectivity index (χ0) is 13.7. The molecule has 5 nitrogen and oxygen atoms in total. The quantitative estimate of drug-likeness (QED) is 0.808. The first-order chi connectivity index (χ1) is 9.20. The van der Waals surface area contributed by atoms with Gasteiger partial charge in [-0.25, -0.2) is 9.97 Å². The summed E-state index contributed by atoms with van der Waals surface area (Å²) in [5.41, 5.74) is 1.10. The van der Waals surface area contributed by atoms with E-state index in [2.05, 4.69) is 34.0 Å². The third-order valence-corrected chi connectivity index (χ3v) is 3.42. The molecular weight excluding hydrogens is 240 g/mol. The number of nitrogens with zero attached hydrogens (tertiary/aromatic N) is 3. The van der Waals surface area contributed by atoms with Crippen LogP contribution in [0, 0.1) is 5.92 Å². The molecule has 2 heterocycles. The lowest BCUT2D eigenvalue weighted by Crippen LogP contribution is -2.33. The van der Waals surface area contributed by atoms with E-state index in [0.717, 1.165) is 44.0 Å². The first-order valence-electron chi connectivity index (χ1n) is 7.10. The normalized spacial score (nSPS) is 19.4. The summed E-state index contributed by atoms with van der Waals surface area (Å²) in [6.07, 6.45) is 5.88. The van der Waals surface area contributed by atoms with Crippen molar-refractivity contribution >= 4 is 5.95 Å². The van der Waals surface area contributed by atoms with E-state index in [1.165, 1.54) is 0 Å². The summed E-state index contributed by atoms with van der Waals surface area (Å²) >= 11 is 0. The van der Waals surface area contributed by atoms with Gasteiger partial charge in [-0.05, 0) is 25.3 Å². The van der Waals surface area contributed by atoms with Crippen molar-refractivity contribution in [1.29, 1.82) is 0 Å². The van der Waals surface area contributed by atoms with E-state index in [1.54, 1.807) is 0 Å². The molecule has 2 rings (SSSR count). The number of aliphatic hydroxyl groups excluding tert-OH is 1. The van der Waals surface area contributed by atoms with Crippen LogP contribution in [0.5, 0.6) is 0 Å². The summed E-state index contributed by atoms with van der Waals surface area (Å²) in [6.45, 7) is 7.31. The van der Waals surface area contributed by atoms with Crippen LogP contribution in [0.2, 0.25) is 0 Å². The molecular formula is C14H24N4O. The van der Waals surface area contributed by atoms with Crippen molar-refractivity contribution in [2.45, 2.75) is 39.3 Å². The van der Waals surface area contributed by atoms with Crippen LogP contribution in [0.3, 0.4) is 0 Å². The minimum Gasteiger partial charge on any atom is -0.394 e. The Hall–Kier alpha value is -1.20. The van der Waals surface area contributed by atoms with Gasteiger partial charge in [-0.15, -0.1) is 0 Å². The molecule has 2 N–H and O–H groups in total. The average Bonchev–Trinajstić information content (AvgIpc) is 2.87. The van der Waals surface area contributed by atoms with E-state index in [-0.39, 0.29) is 12.6 Å². The molecule has 19 heavy (non-hydrogen) atoms. The Morgan fingerprint density at radius 1 is 1.42 bits per heavy atom. The van der Waals surface area contributed by atoms with Crippen LogP contribution in [-0.4, -0.2) is 40.8 Å². The molecule has 1 aliphatic rings. The second kappa shape index (κ2) is 6.82. The molecule has 0 radical (unpaired) electrons. The van der Waals surface area contributed by atoms with Crippen LogP contribution in [0.15, 0.2) is 12.4 Å². The van der Waals surface area contributed by atoms with E-state index in [4.69, 9.17) is 0 Å². The van der Waals surface area contributed by atoms with Crippen molar-refractivity contribution in [3.05, 3.63) is 18.0 Å². The van der Waals surface area contributed by atoms with Crippen molar-refractivity contribution in [2.24, 2.45) is 5.92 Å². The maximum atomic E-state index is 9.31. The Bertz CT molecular complexity index is 380. The number of anilines is 1. The summed E-state index contributed by atoms with van der Waals surface area (Å²) in [6, 6.07) is 0.185. The van der Waals surface area contributed by atoms with Crippen molar-refractivity contribution in [3.8, 4) is 0 Å². The van der Waals surface area contributed by atoms with Crippen molar-refractivity contribution in [3.63, 3.8) is 0 Å². The van der Waals surface area contributed by atoms with E-state index in [0.29, 0.717) is 5.92 Å². The van der Waals surface area contributed by atoms with E-state index >= 15 is 0 Å². The first kappa shape index (κ1) is 14.2. The average molecular weight is 264 g/mol. The highest BCUT2D eigenvalue weighted by atomic mass is 16.3. The number of hydrogen-bond acceptors (Lipinski definition) is 5. The molecule has 0 aromatic carbocycles. The summed E-state index contributed by atoms with van der Waals surface area (Å²) in [5.74, 6) is 1.39. The largest absolute Gasteiger partial charge is 0.394 e. The third kappa shape index (κ3) is 3.88. The fourth-order valence-electron chi connectivity index (χ4n) is 2.38. The Labute approximate surface area is 115 Å². The molecule has 1 aromatic heterocycles. The molecule has 0 spiro atoms. The number of aliphatic hydroxyl groups is 1. The smallest absolute Gasteiger partial charge is 0.225 e. The van der Waals surface area contributed by atoms with E-state index < -0.39 is 0 Å². The van der Waals surface area contributed by atoms with Gasteiger partial charge in [0.25, 0.3) is 0 Å². The maximum Gasteiger partial charge on any atom is 0.225 e. The molecule has 0 amide bonds. The molecule has 1 aromatic rings. The highest BCUT2D eigenvalue weighted by molar-refractivity contribution is 5.33. The monoisotopic (exact) mass is 264 g/mol. The molecule has 1 aliphatic heterocycles. The molecule has 0 aliphatic carbocycles. The zero-order valence-electron chi connectivity index (χ0n) is 11.8. The van der Waals surface area contributed by atoms with Gasteiger partial charge >= 0.3 is 0 Å². The number of aromatic nitrogens is 2. The molecule has 1 saturated heterocycles. The molecule has 1 fully saturated rings. The second-order valence-electron chi connectivity index (χ2n) is 5.59. The van der Waals surface area contributed by atoms with E-state index in [9.17, 15) is 5.11 Å². The molecule has 0 saturated carbocycles. The fraction of sp³-hybridized carbons (Fsp3) is 0.714. The maximum absolute atomic E-state index is 9.31. The van der Waals surface area contributed by atoms with Crippen molar-refractivity contribution in [1.82, 2.24) is 15.3 Å². The summed E-state index contributed by atoms with van der Waals surface area (Å²) < 4.78 is 0. The lowest BCUT2D eigenvalue weighted by molar-refractivity contribution is 0.265. The highest BCUT2D eigenvalue weighted by Crippen LogP contribution is 2.21. The van der Waals surface area contributed by atoms with Gasteiger partial charge < -0.3 is 15.3 Å². The van der Waals surface area contributed by atoms with Crippen LogP contribution in [-0.2, 0) is 6.54 Å². The molecule has 106 valence electrons. The van der Waals surface area contributed by atoms with Gasteiger partial charge in [0.2, 0.25) is 5.95 Å². The number of hydrogen-bond donors (Lipinski definition) is 2. The summed E-state index contributed by atoms with van der Waals surface area (Å²) in [5, 5.41) is 12.7. The van der Waals surface area contributed by atoms with Gasteiger partial charge in [-0.1, -0.05) is 13.8 Å².